The predicted octanol–water partition coefficient (Wildman–Crippen LogP) is 5.13. The van der Waals surface area contributed by atoms with Crippen molar-refractivity contribution in [3.8, 4) is 34.5 Å². The third kappa shape index (κ3) is 14.1. The molecule has 0 saturated carbocycles. The molecule has 27 nitrogen and oxygen atoms in total. The maximum Gasteiger partial charge on any atom is 0.460 e. The van der Waals surface area contributed by atoms with Gasteiger partial charge < -0.3 is 85.9 Å². The van der Waals surface area contributed by atoms with E-state index in [1.165, 1.54) is 0 Å². The summed E-state index contributed by atoms with van der Waals surface area (Å²) in [5.74, 6) is -2.04. The van der Waals surface area contributed by atoms with Gasteiger partial charge in [-0.2, -0.15) is 0 Å². The fourth-order valence-corrected chi connectivity index (χ4v) is 18.1. The minimum Gasteiger partial charge on any atom is -0.413 e. The van der Waals surface area contributed by atoms with E-state index in [0.29, 0.717) is 0 Å². The van der Waals surface area contributed by atoms with Gasteiger partial charge in [-0.25, -0.2) is 0 Å². The SMILES string of the molecule is O=P(O)(O)c1ccc(OP2(Oc3ccc(P(=O)(O)O)cc3)=NP(Oc3ccc(P(=O)(O)O)cc3)(Oc3ccc(P(=O)(O)O)cc3)=NP(Oc3ccc(P(=O)(O)O)cc3)(Oc3ccc(P(=O)(O)O)cc3)=N2)cc1. The van der Waals surface area contributed by atoms with Crippen LogP contribution in [-0.2, 0) is 27.4 Å². The molecule has 0 bridgehead atoms. The molecule has 12 N–H and O–H groups in total. The van der Waals surface area contributed by atoms with Crippen LogP contribution in [0.25, 0.3) is 0 Å². The Morgan fingerprint density at radius 2 is 0.347 bits per heavy atom. The van der Waals surface area contributed by atoms with Gasteiger partial charge in [0.1, 0.15) is 34.5 Å². The van der Waals surface area contributed by atoms with Crippen LogP contribution in [0.15, 0.2) is 159 Å². The molecule has 384 valence electrons. The minimum absolute atomic E-state index is 0.341. The smallest absolute Gasteiger partial charge is 0.413 e. The highest BCUT2D eigenvalue weighted by Crippen LogP contribution is 2.78. The number of hydrogen-bond donors (Lipinski definition) is 12. The lowest BCUT2D eigenvalue weighted by Crippen LogP contribution is -2.12. The summed E-state index contributed by atoms with van der Waals surface area (Å²) in [6.07, 6.45) is 0. The van der Waals surface area contributed by atoms with Gasteiger partial charge in [0.05, 0.1) is 31.8 Å². The average molecular weight is 1170 g/mol. The van der Waals surface area contributed by atoms with Crippen molar-refractivity contribution in [1.82, 2.24) is 0 Å². The molecule has 72 heavy (non-hydrogen) atoms. The van der Waals surface area contributed by atoms with E-state index in [1.54, 1.807) is 0 Å². The van der Waals surface area contributed by atoms with E-state index in [0.717, 1.165) is 146 Å². The van der Waals surface area contributed by atoms with Crippen LogP contribution in [0.4, 0.5) is 0 Å². The molecule has 6 aromatic rings. The Kier molecular flexibility index (Phi) is 15.7. The van der Waals surface area contributed by atoms with Gasteiger partial charge in [0, 0.05) is 0 Å². The van der Waals surface area contributed by atoms with Crippen LogP contribution in [0.3, 0.4) is 0 Å². The summed E-state index contributed by atoms with van der Waals surface area (Å²) in [6.45, 7) is 0. The van der Waals surface area contributed by atoms with E-state index in [4.69, 9.17) is 40.7 Å². The van der Waals surface area contributed by atoms with Crippen LogP contribution >= 0.6 is 68.6 Å². The first-order valence-corrected chi connectivity index (χ1v) is 33.6. The van der Waals surface area contributed by atoms with Crippen molar-refractivity contribution in [3.63, 3.8) is 0 Å². The summed E-state index contributed by atoms with van der Waals surface area (Å²) < 4.78 is 126. The number of hydrogen-bond acceptors (Lipinski definition) is 15. The quantitative estimate of drug-likeness (QED) is 0.0496. The van der Waals surface area contributed by atoms with E-state index in [9.17, 15) is 86.1 Å². The summed E-state index contributed by atoms with van der Waals surface area (Å²) in [6, 6.07) is 24.0. The molecule has 1 aliphatic rings. The largest absolute Gasteiger partial charge is 0.460 e. The molecule has 7 rings (SSSR count). The Morgan fingerprint density at radius 3 is 0.444 bits per heavy atom. The minimum atomic E-state index is -5.01. The predicted molar refractivity (Wildman–Crippen MR) is 261 cm³/mol. The standard InChI is InChI=1S/C36H36N3O24P9/c40-64(41,42)31-13-1-25(2-14-31)58-70(59-26-3-15-32(16-4-26)65(43,44)45)37-71(60-27-5-17-33(18-6-27)66(46,47)48,61-28-7-19-34(20-8-28)67(49,50)51)39-72(38-70,62-29-9-21-35(22-10-29)68(52,53)54)63-30-11-23-36(24-12-30)69(55,56)57/h1-24H,(H2,40,41,42)(H2,43,44,45)(H2,46,47,48)(H2,49,50,51)(H2,52,53,54)(H2,55,56,57). The fraction of sp³-hybridized carbons (Fsp3) is 0. The summed E-state index contributed by atoms with van der Waals surface area (Å²) in [7, 11) is -44.4. The molecule has 1 heterocycles. The van der Waals surface area contributed by atoms with E-state index in [1.807, 2.05) is 0 Å². The summed E-state index contributed by atoms with van der Waals surface area (Å²) in [5.41, 5.74) is 0. The Morgan fingerprint density at radius 1 is 0.236 bits per heavy atom. The Bertz CT molecular complexity index is 2870. The molecule has 36 heteroatoms. The maximum atomic E-state index is 12.2. The Hall–Kier alpha value is -4.29. The van der Waals surface area contributed by atoms with Gasteiger partial charge in [0.2, 0.25) is 0 Å². The lowest BCUT2D eigenvalue weighted by atomic mass is 10.3. The molecule has 0 unspecified atom stereocenters. The van der Waals surface area contributed by atoms with E-state index in [2.05, 4.69) is 0 Å². The number of benzene rings is 6. The molecule has 0 spiro atoms. The van der Waals surface area contributed by atoms with Crippen LogP contribution in [0.2, 0.25) is 0 Å². The lowest BCUT2D eigenvalue weighted by Gasteiger charge is -2.33. The normalized spacial score (nSPS) is 15.7. The maximum absolute atomic E-state index is 12.2. The van der Waals surface area contributed by atoms with E-state index in [-0.39, 0.29) is 34.5 Å². The number of rotatable bonds is 18. The summed E-state index contributed by atoms with van der Waals surface area (Å²) in [5, 5.41) is -3.00. The average Bonchev–Trinajstić information content (AvgIpc) is 3.25. The first kappa shape index (κ1) is 55.5. The Labute approximate surface area is 405 Å². The molecule has 0 aromatic heterocycles. The molecule has 1 aliphatic heterocycles. The second-order valence-corrected chi connectivity index (χ2v) is 30.3. The summed E-state index contributed by atoms with van der Waals surface area (Å²) in [4.78, 5) is 119. The van der Waals surface area contributed by atoms with Crippen LogP contribution in [0.5, 0.6) is 34.5 Å². The molecular weight excluding hydrogens is 1140 g/mol. The molecule has 0 saturated heterocycles. The van der Waals surface area contributed by atoms with Gasteiger partial charge in [0.25, 0.3) is 0 Å². The van der Waals surface area contributed by atoms with Crippen LogP contribution in [-0.4, -0.2) is 58.7 Å². The zero-order valence-electron chi connectivity index (χ0n) is 35.5. The van der Waals surface area contributed by atoms with Gasteiger partial charge in [-0.1, -0.05) is 13.5 Å². The molecule has 0 atom stereocenters. The Balaban J connectivity index is 1.61. The third-order valence-corrected chi connectivity index (χ3v) is 23.0. The van der Waals surface area contributed by atoms with Crippen LogP contribution in [0, 0.1) is 0 Å². The van der Waals surface area contributed by atoms with Crippen molar-refractivity contribution < 1.29 is 113 Å². The molecule has 0 radical (unpaired) electrons. The van der Waals surface area contributed by atoms with Crippen LogP contribution < -0.4 is 59.0 Å². The second kappa shape index (κ2) is 20.4. The zero-order valence-corrected chi connectivity index (χ0v) is 43.5. The van der Waals surface area contributed by atoms with Crippen molar-refractivity contribution >= 4 is 100 Å². The lowest BCUT2D eigenvalue weighted by molar-refractivity contribution is 0.385. The monoisotopic (exact) mass is 1170 g/mol. The highest BCUT2D eigenvalue weighted by Gasteiger charge is 2.49. The molecule has 6 aromatic carbocycles. The molecule has 0 aliphatic carbocycles. The van der Waals surface area contributed by atoms with Gasteiger partial charge in [-0.3, -0.25) is 27.4 Å². The molecule has 0 amide bonds. The summed E-state index contributed by atoms with van der Waals surface area (Å²) >= 11 is 0. The van der Waals surface area contributed by atoms with Crippen molar-refractivity contribution in [2.45, 2.75) is 0 Å². The van der Waals surface area contributed by atoms with Crippen LogP contribution in [0.1, 0.15) is 0 Å². The topological polar surface area (TPSA) is 438 Å². The van der Waals surface area contributed by atoms with E-state index < -0.39 is 100 Å². The van der Waals surface area contributed by atoms with Gasteiger partial charge in [-0.15, -0.1) is 0 Å². The zero-order chi connectivity index (χ0) is 52.8. The first-order valence-electron chi connectivity index (χ1n) is 19.3. The van der Waals surface area contributed by atoms with E-state index >= 15 is 0 Å². The highest BCUT2D eigenvalue weighted by atomic mass is 31.3. The fourth-order valence-electron chi connectivity index (χ4n) is 5.79. The third-order valence-electron chi connectivity index (χ3n) is 9.06. The molecular formula is C36H36N3O24P9. The second-order valence-electron chi connectivity index (χ2n) is 14.5. The van der Waals surface area contributed by atoms with Crippen molar-refractivity contribution in [2.75, 3.05) is 0 Å². The number of nitrogens with zero attached hydrogens (tertiary/aromatic N) is 3. The van der Waals surface area contributed by atoms with Crippen molar-refractivity contribution in [1.29, 1.82) is 0 Å². The highest BCUT2D eigenvalue weighted by molar-refractivity contribution is 7.79. The first-order chi connectivity index (χ1) is 33.2. The van der Waals surface area contributed by atoms with Gasteiger partial charge in [-0.05, 0) is 146 Å². The molecule has 0 fully saturated rings. The van der Waals surface area contributed by atoms with Gasteiger partial charge in [0.15, 0.2) is 0 Å². The van der Waals surface area contributed by atoms with Crippen molar-refractivity contribution in [2.24, 2.45) is 13.5 Å². The van der Waals surface area contributed by atoms with Gasteiger partial charge >= 0.3 is 68.6 Å². The van der Waals surface area contributed by atoms with Crippen molar-refractivity contribution in [3.05, 3.63) is 146 Å².